The number of nitrogens with one attached hydrogen (secondary N) is 2. The van der Waals surface area contributed by atoms with Crippen LogP contribution in [0, 0.1) is 5.92 Å². The number of anilines is 1. The van der Waals surface area contributed by atoms with Crippen LogP contribution in [0.25, 0.3) is 0 Å². The first-order valence-corrected chi connectivity index (χ1v) is 9.21. The summed E-state index contributed by atoms with van der Waals surface area (Å²) in [7, 11) is 0. The van der Waals surface area contributed by atoms with Gasteiger partial charge in [0, 0.05) is 51.3 Å². The molecule has 2 aliphatic rings. The zero-order valence-corrected chi connectivity index (χ0v) is 15.2. The van der Waals surface area contributed by atoms with Crippen molar-refractivity contribution in [2.75, 3.05) is 31.5 Å². The number of carbonyl (C=O) groups excluding carboxylic acids is 3. The molecule has 0 bridgehead atoms. The molecule has 2 N–H and O–H groups in total. The highest BCUT2D eigenvalue weighted by Gasteiger charge is 2.34. The molecule has 1 aliphatic heterocycles. The lowest BCUT2D eigenvalue weighted by molar-refractivity contribution is -0.132. The van der Waals surface area contributed by atoms with E-state index in [2.05, 4.69) is 10.6 Å². The van der Waals surface area contributed by atoms with Gasteiger partial charge >= 0.3 is 6.03 Å². The van der Waals surface area contributed by atoms with Crippen molar-refractivity contribution in [1.29, 1.82) is 0 Å². The van der Waals surface area contributed by atoms with E-state index in [-0.39, 0.29) is 23.8 Å². The van der Waals surface area contributed by atoms with Crippen molar-refractivity contribution in [2.45, 2.75) is 32.7 Å². The Balaban J connectivity index is 1.45. The summed E-state index contributed by atoms with van der Waals surface area (Å²) in [6.07, 6.45) is 2.85. The molecular weight excluding hydrogens is 332 g/mol. The van der Waals surface area contributed by atoms with Gasteiger partial charge < -0.3 is 20.4 Å². The van der Waals surface area contributed by atoms with E-state index in [9.17, 15) is 14.4 Å². The maximum absolute atomic E-state index is 12.4. The second-order valence-corrected chi connectivity index (χ2v) is 6.98. The summed E-state index contributed by atoms with van der Waals surface area (Å²) in [4.78, 5) is 39.3. The van der Waals surface area contributed by atoms with E-state index in [0.29, 0.717) is 26.2 Å². The van der Waals surface area contributed by atoms with Crippen LogP contribution in [-0.2, 0) is 16.1 Å². The van der Waals surface area contributed by atoms with Gasteiger partial charge in [0.25, 0.3) is 0 Å². The Morgan fingerprint density at radius 1 is 1.00 bits per heavy atom. The smallest absolute Gasteiger partial charge is 0.317 e. The predicted molar refractivity (Wildman–Crippen MR) is 98.5 cm³/mol. The molecule has 1 aliphatic carbocycles. The van der Waals surface area contributed by atoms with Crippen molar-refractivity contribution in [3.8, 4) is 0 Å². The highest BCUT2D eigenvalue weighted by atomic mass is 16.2. The molecular formula is C19H26N4O3. The van der Waals surface area contributed by atoms with Crippen LogP contribution in [0.3, 0.4) is 0 Å². The SMILES string of the molecule is CC(=O)Nc1ccc(CNC(=O)N2CCCN(C(=O)C3CC3)CC2)cc1. The van der Waals surface area contributed by atoms with Crippen molar-refractivity contribution < 1.29 is 14.4 Å². The van der Waals surface area contributed by atoms with Crippen LogP contribution in [0.2, 0.25) is 0 Å². The third-order valence-corrected chi connectivity index (χ3v) is 4.74. The molecule has 4 amide bonds. The van der Waals surface area contributed by atoms with Crippen LogP contribution in [-0.4, -0.2) is 53.8 Å². The van der Waals surface area contributed by atoms with Gasteiger partial charge in [-0.1, -0.05) is 12.1 Å². The summed E-state index contributed by atoms with van der Waals surface area (Å²) in [5.41, 5.74) is 1.70. The number of benzene rings is 1. The van der Waals surface area contributed by atoms with Crippen LogP contribution >= 0.6 is 0 Å². The molecule has 26 heavy (non-hydrogen) atoms. The fourth-order valence-electron chi connectivity index (χ4n) is 3.13. The molecule has 1 saturated heterocycles. The lowest BCUT2D eigenvalue weighted by Crippen LogP contribution is -2.42. The molecule has 1 heterocycles. The minimum Gasteiger partial charge on any atom is -0.341 e. The fraction of sp³-hybridized carbons (Fsp3) is 0.526. The zero-order valence-electron chi connectivity index (χ0n) is 15.2. The molecule has 140 valence electrons. The summed E-state index contributed by atoms with van der Waals surface area (Å²) in [6.45, 7) is 4.50. The number of hydrogen-bond donors (Lipinski definition) is 2. The van der Waals surface area contributed by atoms with Gasteiger partial charge in [-0.3, -0.25) is 9.59 Å². The van der Waals surface area contributed by atoms with Crippen LogP contribution in [0.1, 0.15) is 31.7 Å². The Morgan fingerprint density at radius 3 is 2.31 bits per heavy atom. The van der Waals surface area contributed by atoms with E-state index in [0.717, 1.165) is 37.1 Å². The zero-order chi connectivity index (χ0) is 18.5. The molecule has 0 radical (unpaired) electrons. The quantitative estimate of drug-likeness (QED) is 0.861. The summed E-state index contributed by atoms with van der Waals surface area (Å²) in [5, 5.41) is 5.65. The van der Waals surface area contributed by atoms with E-state index in [1.807, 2.05) is 29.2 Å². The molecule has 1 saturated carbocycles. The second-order valence-electron chi connectivity index (χ2n) is 6.98. The largest absolute Gasteiger partial charge is 0.341 e. The first-order chi connectivity index (χ1) is 12.5. The van der Waals surface area contributed by atoms with Crippen LogP contribution in [0.5, 0.6) is 0 Å². The van der Waals surface area contributed by atoms with E-state index >= 15 is 0 Å². The maximum atomic E-state index is 12.4. The monoisotopic (exact) mass is 358 g/mol. The van der Waals surface area contributed by atoms with Crippen molar-refractivity contribution in [3.63, 3.8) is 0 Å². The summed E-state index contributed by atoms with van der Waals surface area (Å²) >= 11 is 0. The van der Waals surface area contributed by atoms with Gasteiger partial charge in [0.15, 0.2) is 0 Å². The van der Waals surface area contributed by atoms with Crippen molar-refractivity contribution in [2.24, 2.45) is 5.92 Å². The van der Waals surface area contributed by atoms with Gasteiger partial charge in [0.2, 0.25) is 11.8 Å². The van der Waals surface area contributed by atoms with E-state index < -0.39 is 0 Å². The number of nitrogens with zero attached hydrogens (tertiary/aromatic N) is 2. The summed E-state index contributed by atoms with van der Waals surface area (Å²) < 4.78 is 0. The van der Waals surface area contributed by atoms with E-state index in [1.165, 1.54) is 6.92 Å². The molecule has 7 heteroatoms. The number of amides is 4. The van der Waals surface area contributed by atoms with Gasteiger partial charge in [-0.2, -0.15) is 0 Å². The average molecular weight is 358 g/mol. The molecule has 0 aromatic heterocycles. The van der Waals surface area contributed by atoms with Gasteiger partial charge in [-0.25, -0.2) is 4.79 Å². The summed E-state index contributed by atoms with van der Waals surface area (Å²) in [6, 6.07) is 7.29. The third-order valence-electron chi connectivity index (χ3n) is 4.74. The predicted octanol–water partition coefficient (Wildman–Crippen LogP) is 1.80. The highest BCUT2D eigenvalue weighted by molar-refractivity contribution is 5.88. The number of hydrogen-bond acceptors (Lipinski definition) is 3. The third kappa shape index (κ3) is 4.97. The first-order valence-electron chi connectivity index (χ1n) is 9.21. The standard InChI is InChI=1S/C19H26N4O3/c1-14(24)21-17-7-3-15(4-8-17)13-20-19(26)23-10-2-9-22(11-12-23)18(25)16-5-6-16/h3-4,7-8,16H,2,5-6,9-13H2,1H3,(H,20,26)(H,21,24). The minimum absolute atomic E-state index is 0.100. The first kappa shape index (κ1) is 18.2. The molecule has 7 nitrogen and oxygen atoms in total. The molecule has 3 rings (SSSR count). The Morgan fingerprint density at radius 2 is 1.65 bits per heavy atom. The Hall–Kier alpha value is -2.57. The van der Waals surface area contributed by atoms with Gasteiger partial charge in [0.1, 0.15) is 0 Å². The van der Waals surface area contributed by atoms with Crippen LogP contribution in [0.15, 0.2) is 24.3 Å². The second kappa shape index (κ2) is 8.21. The lowest BCUT2D eigenvalue weighted by Gasteiger charge is -2.22. The molecule has 1 aromatic rings. The topological polar surface area (TPSA) is 81.8 Å². The van der Waals surface area contributed by atoms with Gasteiger partial charge in [-0.15, -0.1) is 0 Å². The van der Waals surface area contributed by atoms with Crippen LogP contribution < -0.4 is 10.6 Å². The molecule has 0 unspecified atom stereocenters. The molecule has 1 aromatic carbocycles. The van der Waals surface area contributed by atoms with Crippen molar-refractivity contribution in [1.82, 2.24) is 15.1 Å². The van der Waals surface area contributed by atoms with Gasteiger partial charge in [-0.05, 0) is 37.0 Å². The normalized spacial score (nSPS) is 17.4. The number of urea groups is 1. The lowest BCUT2D eigenvalue weighted by atomic mass is 10.2. The fourth-order valence-corrected chi connectivity index (χ4v) is 3.13. The molecule has 0 atom stereocenters. The van der Waals surface area contributed by atoms with E-state index in [1.54, 1.807) is 4.90 Å². The highest BCUT2D eigenvalue weighted by Crippen LogP contribution is 2.31. The van der Waals surface area contributed by atoms with Crippen molar-refractivity contribution in [3.05, 3.63) is 29.8 Å². The minimum atomic E-state index is -0.110. The average Bonchev–Trinajstić information content (AvgIpc) is 3.46. The van der Waals surface area contributed by atoms with Gasteiger partial charge in [0.05, 0.1) is 0 Å². The summed E-state index contributed by atoms with van der Waals surface area (Å²) in [5.74, 6) is 0.379. The Bertz CT molecular complexity index is 670. The maximum Gasteiger partial charge on any atom is 0.317 e. The number of rotatable bonds is 4. The molecule has 2 fully saturated rings. The van der Waals surface area contributed by atoms with E-state index in [4.69, 9.17) is 0 Å². The Labute approximate surface area is 153 Å². The molecule has 0 spiro atoms. The van der Waals surface area contributed by atoms with Crippen LogP contribution in [0.4, 0.5) is 10.5 Å². The van der Waals surface area contributed by atoms with Crippen molar-refractivity contribution >= 4 is 23.5 Å². The number of carbonyl (C=O) groups is 3. The Kier molecular flexibility index (Phi) is 5.75.